The first-order valence-electron chi connectivity index (χ1n) is 7.84. The van der Waals surface area contributed by atoms with E-state index in [1.54, 1.807) is 0 Å². The molecule has 0 amide bonds. The fourth-order valence-electron chi connectivity index (χ4n) is 3.25. The van der Waals surface area contributed by atoms with Gasteiger partial charge in [0.25, 0.3) is 0 Å². The third-order valence-corrected chi connectivity index (χ3v) is 3.71. The Kier molecular flexibility index (Phi) is 6.70. The van der Waals surface area contributed by atoms with Crippen LogP contribution in [-0.4, -0.2) is 31.6 Å². The monoisotopic (exact) mass is 276 g/mol. The van der Waals surface area contributed by atoms with Crippen LogP contribution >= 0.6 is 0 Å². The molecule has 0 saturated heterocycles. The van der Waals surface area contributed by atoms with E-state index in [1.807, 2.05) is 0 Å². The van der Waals surface area contributed by atoms with Crippen LogP contribution in [0.25, 0.3) is 0 Å². The van der Waals surface area contributed by atoms with E-state index < -0.39 is 0 Å². The minimum atomic E-state index is 0.421. The van der Waals surface area contributed by atoms with Gasteiger partial charge in [-0.3, -0.25) is 0 Å². The fraction of sp³-hybridized carbons (Fsp3) is 0.667. The van der Waals surface area contributed by atoms with Crippen LogP contribution in [0, 0.1) is 26.7 Å². The lowest BCUT2D eigenvalue weighted by Gasteiger charge is -2.28. The summed E-state index contributed by atoms with van der Waals surface area (Å²) in [5.41, 5.74) is 5.65. The third kappa shape index (κ3) is 4.92. The molecule has 2 heteroatoms. The zero-order chi connectivity index (χ0) is 15.3. The molecule has 1 aromatic rings. The van der Waals surface area contributed by atoms with Crippen molar-refractivity contribution in [2.24, 2.45) is 5.92 Å². The van der Waals surface area contributed by atoms with Crippen LogP contribution in [0.4, 0.5) is 0 Å². The molecule has 0 aliphatic carbocycles. The highest BCUT2D eigenvalue weighted by atomic mass is 15.1. The Morgan fingerprint density at radius 2 is 1.60 bits per heavy atom. The van der Waals surface area contributed by atoms with Gasteiger partial charge in [0.05, 0.1) is 0 Å². The summed E-state index contributed by atoms with van der Waals surface area (Å²) >= 11 is 0. The Morgan fingerprint density at radius 1 is 1.05 bits per heavy atom. The summed E-state index contributed by atoms with van der Waals surface area (Å²) in [5.74, 6) is 0.711. The van der Waals surface area contributed by atoms with Crippen LogP contribution in [0.15, 0.2) is 12.1 Å². The molecule has 1 N–H and O–H groups in total. The molecular formula is C18H32N2. The first kappa shape index (κ1) is 17.2. The number of likely N-dealkylation sites (N-methyl/N-ethyl adjacent to an activating group) is 2. The van der Waals surface area contributed by atoms with Crippen molar-refractivity contribution in [3.63, 3.8) is 0 Å². The predicted octanol–water partition coefficient (Wildman–Crippen LogP) is 3.85. The van der Waals surface area contributed by atoms with Crippen LogP contribution in [0.3, 0.4) is 0 Å². The Balaban J connectivity index is 2.96. The van der Waals surface area contributed by atoms with E-state index in [-0.39, 0.29) is 0 Å². The van der Waals surface area contributed by atoms with Gasteiger partial charge in [-0.25, -0.2) is 0 Å². The van der Waals surface area contributed by atoms with Gasteiger partial charge in [-0.1, -0.05) is 38.5 Å². The molecule has 0 saturated carbocycles. The van der Waals surface area contributed by atoms with Crippen molar-refractivity contribution in [2.75, 3.05) is 26.7 Å². The van der Waals surface area contributed by atoms with Gasteiger partial charge in [0, 0.05) is 19.1 Å². The third-order valence-electron chi connectivity index (χ3n) is 3.71. The Morgan fingerprint density at radius 3 is 2.05 bits per heavy atom. The molecular weight excluding hydrogens is 244 g/mol. The number of nitrogens with zero attached hydrogens (tertiary/aromatic N) is 1. The standard InChI is InChI=1S/C18H32N2/c1-8-19-17(12-20(7)11-13(2)3)18-15(5)9-14(4)10-16(18)6/h9-10,13,17,19H,8,11-12H2,1-7H3. The molecule has 0 aliphatic rings. The van der Waals surface area contributed by atoms with Crippen LogP contribution in [-0.2, 0) is 0 Å². The largest absolute Gasteiger partial charge is 0.309 e. The van der Waals surface area contributed by atoms with Gasteiger partial charge < -0.3 is 10.2 Å². The maximum atomic E-state index is 3.66. The first-order chi connectivity index (χ1) is 9.35. The molecule has 0 aromatic heterocycles. The number of hydrogen-bond donors (Lipinski definition) is 1. The molecule has 0 bridgehead atoms. The van der Waals surface area contributed by atoms with Gasteiger partial charge in [-0.05, 0) is 57.0 Å². The average molecular weight is 276 g/mol. The number of rotatable bonds is 7. The lowest BCUT2D eigenvalue weighted by molar-refractivity contribution is 0.263. The van der Waals surface area contributed by atoms with Crippen LogP contribution in [0.1, 0.15) is 49.1 Å². The second-order valence-corrected chi connectivity index (χ2v) is 6.54. The van der Waals surface area contributed by atoms with Crippen molar-refractivity contribution >= 4 is 0 Å². The molecule has 0 radical (unpaired) electrons. The molecule has 1 unspecified atom stereocenters. The second kappa shape index (κ2) is 7.80. The van der Waals surface area contributed by atoms with Crippen molar-refractivity contribution in [2.45, 2.75) is 47.6 Å². The minimum Gasteiger partial charge on any atom is -0.309 e. The van der Waals surface area contributed by atoms with E-state index in [9.17, 15) is 0 Å². The number of hydrogen-bond acceptors (Lipinski definition) is 2. The first-order valence-corrected chi connectivity index (χ1v) is 7.84. The van der Waals surface area contributed by atoms with Crippen LogP contribution in [0.2, 0.25) is 0 Å². The van der Waals surface area contributed by atoms with Gasteiger partial charge in [-0.15, -0.1) is 0 Å². The maximum absolute atomic E-state index is 3.66. The lowest BCUT2D eigenvalue weighted by atomic mass is 9.93. The van der Waals surface area contributed by atoms with Crippen molar-refractivity contribution < 1.29 is 0 Å². The van der Waals surface area contributed by atoms with Crippen LogP contribution < -0.4 is 5.32 Å². The normalized spacial score (nSPS) is 13.2. The maximum Gasteiger partial charge on any atom is 0.0454 e. The predicted molar refractivity (Wildman–Crippen MR) is 89.4 cm³/mol. The van der Waals surface area contributed by atoms with E-state index in [4.69, 9.17) is 0 Å². The van der Waals surface area contributed by atoms with Gasteiger partial charge in [0.1, 0.15) is 0 Å². The highest BCUT2D eigenvalue weighted by molar-refractivity contribution is 5.39. The molecule has 0 heterocycles. The Bertz CT molecular complexity index is 400. The highest BCUT2D eigenvalue weighted by Gasteiger charge is 2.18. The number of nitrogens with one attached hydrogen (secondary N) is 1. The molecule has 1 aromatic carbocycles. The summed E-state index contributed by atoms with van der Waals surface area (Å²) in [5, 5.41) is 3.66. The molecule has 1 rings (SSSR count). The van der Waals surface area contributed by atoms with E-state index >= 15 is 0 Å². The quantitative estimate of drug-likeness (QED) is 0.814. The summed E-state index contributed by atoms with van der Waals surface area (Å²) in [6.07, 6.45) is 0. The van der Waals surface area contributed by atoms with E-state index in [0.29, 0.717) is 12.0 Å². The summed E-state index contributed by atoms with van der Waals surface area (Å²) in [4.78, 5) is 2.44. The van der Waals surface area contributed by atoms with Crippen molar-refractivity contribution in [3.8, 4) is 0 Å². The molecule has 0 aliphatic heterocycles. The fourth-order valence-corrected chi connectivity index (χ4v) is 3.25. The van der Waals surface area contributed by atoms with E-state index in [2.05, 4.69) is 70.9 Å². The van der Waals surface area contributed by atoms with Gasteiger partial charge in [0.2, 0.25) is 0 Å². The molecule has 114 valence electrons. The van der Waals surface area contributed by atoms with Crippen molar-refractivity contribution in [1.29, 1.82) is 0 Å². The van der Waals surface area contributed by atoms with E-state index in [0.717, 1.165) is 19.6 Å². The molecule has 0 spiro atoms. The topological polar surface area (TPSA) is 15.3 Å². The number of benzene rings is 1. The summed E-state index contributed by atoms with van der Waals surface area (Å²) < 4.78 is 0. The van der Waals surface area contributed by atoms with E-state index in [1.165, 1.54) is 22.3 Å². The minimum absolute atomic E-state index is 0.421. The summed E-state index contributed by atoms with van der Waals surface area (Å²) in [6, 6.07) is 5.02. The molecule has 20 heavy (non-hydrogen) atoms. The smallest absolute Gasteiger partial charge is 0.0454 e. The molecule has 0 fully saturated rings. The molecule has 1 atom stereocenters. The zero-order valence-electron chi connectivity index (χ0n) is 14.4. The SMILES string of the molecule is CCNC(CN(C)CC(C)C)c1c(C)cc(C)cc1C. The Labute approximate surface area is 125 Å². The average Bonchev–Trinajstić information content (AvgIpc) is 2.26. The zero-order valence-corrected chi connectivity index (χ0v) is 14.4. The second-order valence-electron chi connectivity index (χ2n) is 6.54. The van der Waals surface area contributed by atoms with Crippen LogP contribution in [0.5, 0.6) is 0 Å². The van der Waals surface area contributed by atoms with Gasteiger partial charge in [-0.2, -0.15) is 0 Å². The molecule has 2 nitrogen and oxygen atoms in total. The summed E-state index contributed by atoms with van der Waals surface area (Å²) in [7, 11) is 2.23. The van der Waals surface area contributed by atoms with Crippen molar-refractivity contribution in [3.05, 3.63) is 34.4 Å². The van der Waals surface area contributed by atoms with Crippen molar-refractivity contribution in [1.82, 2.24) is 10.2 Å². The highest BCUT2D eigenvalue weighted by Crippen LogP contribution is 2.24. The van der Waals surface area contributed by atoms with Gasteiger partial charge in [0.15, 0.2) is 0 Å². The summed E-state index contributed by atoms with van der Waals surface area (Å²) in [6.45, 7) is 16.6. The Hall–Kier alpha value is -0.860. The lowest BCUT2D eigenvalue weighted by Crippen LogP contribution is -2.35. The van der Waals surface area contributed by atoms with Gasteiger partial charge >= 0.3 is 0 Å². The number of aryl methyl sites for hydroxylation is 3.